The fourth-order valence-corrected chi connectivity index (χ4v) is 2.87. The highest BCUT2D eigenvalue weighted by Crippen LogP contribution is 2.33. The minimum atomic E-state index is 0.338. The largest absolute Gasteiger partial charge is 0.368 e. The molecule has 96 valence electrons. The van der Waals surface area contributed by atoms with Crippen LogP contribution in [0.25, 0.3) is 11.3 Å². The predicted octanol–water partition coefficient (Wildman–Crippen LogP) is 4.59. The monoisotopic (exact) mass is 308 g/mol. The van der Waals surface area contributed by atoms with Gasteiger partial charge < -0.3 is 10.3 Å². The van der Waals surface area contributed by atoms with Gasteiger partial charge >= 0.3 is 0 Å². The predicted molar refractivity (Wildman–Crippen MR) is 77.4 cm³/mol. The second-order valence-electron chi connectivity index (χ2n) is 4.36. The Hall–Kier alpha value is -1.29. The molecule has 0 fully saturated rings. The molecular formula is C14H17BrN2O. The lowest BCUT2D eigenvalue weighted by molar-refractivity contribution is 0.439. The Labute approximate surface area is 115 Å². The van der Waals surface area contributed by atoms with Crippen LogP contribution in [0.15, 0.2) is 33.3 Å². The van der Waals surface area contributed by atoms with Gasteiger partial charge in [0.2, 0.25) is 5.88 Å². The van der Waals surface area contributed by atoms with Crippen LogP contribution in [0.1, 0.15) is 38.2 Å². The molecule has 0 bridgehead atoms. The van der Waals surface area contributed by atoms with Gasteiger partial charge in [-0.3, -0.25) is 0 Å². The Balaban J connectivity index is 2.35. The van der Waals surface area contributed by atoms with E-state index in [4.69, 9.17) is 10.3 Å². The summed E-state index contributed by atoms with van der Waals surface area (Å²) in [6.07, 6.45) is 2.29. The standard InChI is InChI=1S/C14H17BrN2O/c1-3-9(4-2)11-6-5-10(7-12(11)15)13-8-14(16)18-17-13/h5-9H,3-4,16H2,1-2H3. The molecular weight excluding hydrogens is 292 g/mol. The van der Waals surface area contributed by atoms with Crippen molar-refractivity contribution >= 4 is 21.8 Å². The Morgan fingerprint density at radius 2 is 2.00 bits per heavy atom. The SMILES string of the molecule is CCC(CC)c1ccc(-c2cc(N)on2)cc1Br. The third kappa shape index (κ3) is 2.58. The quantitative estimate of drug-likeness (QED) is 0.898. The second-order valence-corrected chi connectivity index (χ2v) is 5.22. The van der Waals surface area contributed by atoms with Crippen LogP contribution in [0.4, 0.5) is 5.88 Å². The normalized spacial score (nSPS) is 11.1. The zero-order chi connectivity index (χ0) is 13.1. The minimum Gasteiger partial charge on any atom is -0.368 e. The van der Waals surface area contributed by atoms with Crippen molar-refractivity contribution in [3.05, 3.63) is 34.3 Å². The second kappa shape index (κ2) is 5.57. The number of hydrogen-bond donors (Lipinski definition) is 1. The fourth-order valence-electron chi connectivity index (χ4n) is 2.17. The molecule has 0 radical (unpaired) electrons. The van der Waals surface area contributed by atoms with Crippen molar-refractivity contribution in [3.8, 4) is 11.3 Å². The lowest BCUT2D eigenvalue weighted by Crippen LogP contribution is -1.96. The number of rotatable bonds is 4. The molecule has 0 spiro atoms. The summed E-state index contributed by atoms with van der Waals surface area (Å²) in [4.78, 5) is 0. The van der Waals surface area contributed by atoms with Crippen molar-refractivity contribution in [2.75, 3.05) is 5.73 Å². The van der Waals surface area contributed by atoms with Gasteiger partial charge in [0.15, 0.2) is 0 Å². The van der Waals surface area contributed by atoms with Crippen molar-refractivity contribution in [3.63, 3.8) is 0 Å². The molecule has 1 aromatic heterocycles. The molecule has 0 atom stereocenters. The molecule has 4 heteroatoms. The molecule has 0 aliphatic heterocycles. The molecule has 2 aromatic rings. The summed E-state index contributed by atoms with van der Waals surface area (Å²) in [5.74, 6) is 0.931. The Bertz CT molecular complexity index is 532. The number of halogens is 1. The number of nitrogens with zero attached hydrogens (tertiary/aromatic N) is 1. The third-order valence-electron chi connectivity index (χ3n) is 3.25. The van der Waals surface area contributed by atoms with Gasteiger partial charge in [-0.05, 0) is 30.4 Å². The lowest BCUT2D eigenvalue weighted by Gasteiger charge is -2.15. The van der Waals surface area contributed by atoms with E-state index in [-0.39, 0.29) is 0 Å². The van der Waals surface area contributed by atoms with E-state index in [1.807, 2.05) is 0 Å². The molecule has 0 aliphatic carbocycles. The van der Waals surface area contributed by atoms with Crippen LogP contribution in [0, 0.1) is 0 Å². The van der Waals surface area contributed by atoms with Crippen LogP contribution in [0.2, 0.25) is 0 Å². The van der Waals surface area contributed by atoms with E-state index in [0.29, 0.717) is 11.8 Å². The van der Waals surface area contributed by atoms with Crippen molar-refractivity contribution < 1.29 is 4.52 Å². The summed E-state index contributed by atoms with van der Waals surface area (Å²) in [6.45, 7) is 4.43. The van der Waals surface area contributed by atoms with E-state index in [1.54, 1.807) is 6.07 Å². The minimum absolute atomic E-state index is 0.338. The van der Waals surface area contributed by atoms with Crippen LogP contribution in [-0.4, -0.2) is 5.16 Å². The molecule has 1 aromatic carbocycles. The van der Waals surface area contributed by atoms with Crippen LogP contribution >= 0.6 is 15.9 Å². The summed E-state index contributed by atoms with van der Waals surface area (Å²) < 4.78 is 6.01. The molecule has 0 saturated heterocycles. The molecule has 0 aliphatic rings. The number of anilines is 1. The zero-order valence-electron chi connectivity index (χ0n) is 10.6. The average Bonchev–Trinajstić information content (AvgIpc) is 2.79. The fraction of sp³-hybridized carbons (Fsp3) is 0.357. The van der Waals surface area contributed by atoms with Crippen LogP contribution in [-0.2, 0) is 0 Å². The van der Waals surface area contributed by atoms with Crippen molar-refractivity contribution in [2.24, 2.45) is 0 Å². The van der Waals surface area contributed by atoms with Gasteiger partial charge in [-0.1, -0.05) is 47.1 Å². The lowest BCUT2D eigenvalue weighted by atomic mass is 9.93. The van der Waals surface area contributed by atoms with Crippen molar-refractivity contribution in [1.82, 2.24) is 5.16 Å². The van der Waals surface area contributed by atoms with Crippen LogP contribution < -0.4 is 5.73 Å². The van der Waals surface area contributed by atoms with Gasteiger partial charge in [-0.25, -0.2) is 0 Å². The van der Waals surface area contributed by atoms with E-state index in [0.717, 1.165) is 28.6 Å². The number of hydrogen-bond acceptors (Lipinski definition) is 3. The Morgan fingerprint density at radius 3 is 2.50 bits per heavy atom. The van der Waals surface area contributed by atoms with Crippen LogP contribution in [0.3, 0.4) is 0 Å². The van der Waals surface area contributed by atoms with Gasteiger partial charge in [0.05, 0.1) is 0 Å². The molecule has 0 amide bonds. The van der Waals surface area contributed by atoms with Crippen LogP contribution in [0.5, 0.6) is 0 Å². The molecule has 1 heterocycles. The summed E-state index contributed by atoms with van der Waals surface area (Å²) in [5.41, 5.74) is 8.66. The summed E-state index contributed by atoms with van der Waals surface area (Å²) in [7, 11) is 0. The number of benzene rings is 1. The molecule has 3 nitrogen and oxygen atoms in total. The van der Waals surface area contributed by atoms with E-state index < -0.39 is 0 Å². The summed E-state index contributed by atoms with van der Waals surface area (Å²) >= 11 is 3.64. The first-order chi connectivity index (χ1) is 8.65. The summed E-state index contributed by atoms with van der Waals surface area (Å²) in [6, 6.07) is 8.03. The Morgan fingerprint density at radius 1 is 1.28 bits per heavy atom. The van der Waals surface area contributed by atoms with E-state index >= 15 is 0 Å². The zero-order valence-corrected chi connectivity index (χ0v) is 12.2. The maximum absolute atomic E-state index is 5.53. The molecule has 2 rings (SSSR count). The van der Waals surface area contributed by atoms with E-state index in [1.165, 1.54) is 5.56 Å². The van der Waals surface area contributed by atoms with Gasteiger partial charge in [-0.2, -0.15) is 0 Å². The number of nitrogens with two attached hydrogens (primary N) is 1. The van der Waals surface area contributed by atoms with Gasteiger partial charge in [0, 0.05) is 16.1 Å². The molecule has 2 N–H and O–H groups in total. The van der Waals surface area contributed by atoms with Crippen molar-refractivity contribution in [1.29, 1.82) is 0 Å². The molecule has 18 heavy (non-hydrogen) atoms. The first-order valence-electron chi connectivity index (χ1n) is 6.17. The average molecular weight is 309 g/mol. The van der Waals surface area contributed by atoms with Gasteiger partial charge in [0.1, 0.15) is 5.69 Å². The maximum Gasteiger partial charge on any atom is 0.222 e. The van der Waals surface area contributed by atoms with Gasteiger partial charge in [-0.15, -0.1) is 0 Å². The Kier molecular flexibility index (Phi) is 4.07. The number of aromatic nitrogens is 1. The van der Waals surface area contributed by atoms with Crippen molar-refractivity contribution in [2.45, 2.75) is 32.6 Å². The highest BCUT2D eigenvalue weighted by Gasteiger charge is 2.12. The molecule has 0 saturated carbocycles. The third-order valence-corrected chi connectivity index (χ3v) is 3.94. The van der Waals surface area contributed by atoms with Gasteiger partial charge in [0.25, 0.3) is 0 Å². The highest BCUT2D eigenvalue weighted by molar-refractivity contribution is 9.10. The van der Waals surface area contributed by atoms with E-state index in [9.17, 15) is 0 Å². The van der Waals surface area contributed by atoms with E-state index in [2.05, 4.69) is 53.1 Å². The first kappa shape index (κ1) is 13.1. The highest BCUT2D eigenvalue weighted by atomic mass is 79.9. The smallest absolute Gasteiger partial charge is 0.222 e. The molecule has 0 unspecified atom stereocenters. The number of nitrogen functional groups attached to an aromatic ring is 1. The summed E-state index contributed by atoms with van der Waals surface area (Å²) in [5, 5.41) is 3.92. The topological polar surface area (TPSA) is 52.0 Å². The first-order valence-corrected chi connectivity index (χ1v) is 6.97. The maximum atomic E-state index is 5.53.